The van der Waals surface area contributed by atoms with Crippen molar-refractivity contribution in [2.75, 3.05) is 0 Å². The second kappa shape index (κ2) is 5.25. The molecule has 0 aliphatic heterocycles. The average molecular weight is 326 g/mol. The lowest BCUT2D eigenvalue weighted by atomic mass is 10.2. The summed E-state index contributed by atoms with van der Waals surface area (Å²) in [6.45, 7) is 3.40. The van der Waals surface area contributed by atoms with Crippen LogP contribution in [0.4, 0.5) is 0 Å². The van der Waals surface area contributed by atoms with E-state index in [0.29, 0.717) is 5.56 Å². The van der Waals surface area contributed by atoms with Crippen molar-refractivity contribution in [1.82, 2.24) is 0 Å². The van der Waals surface area contributed by atoms with E-state index < -0.39 is 24.9 Å². The standard InChI is InChI=1S/C14H14O5S2/c1-10-3-6-12(7-4-10)20(15,16)14-9-13(21(17,18)19)8-5-11(14)2/h3-9H,1-2H3,(H,17,18,19). The Hall–Kier alpha value is -1.70. The first-order valence-electron chi connectivity index (χ1n) is 6.02. The number of sulfone groups is 1. The fourth-order valence-corrected chi connectivity index (χ4v) is 3.98. The third-order valence-electron chi connectivity index (χ3n) is 3.08. The molecular weight excluding hydrogens is 312 g/mol. The van der Waals surface area contributed by atoms with Gasteiger partial charge in [0.25, 0.3) is 10.1 Å². The molecule has 0 aliphatic rings. The lowest BCUT2D eigenvalue weighted by Gasteiger charge is -2.09. The summed E-state index contributed by atoms with van der Waals surface area (Å²) in [5, 5.41) is 0. The van der Waals surface area contributed by atoms with Gasteiger partial charge in [0.05, 0.1) is 14.7 Å². The van der Waals surface area contributed by atoms with Gasteiger partial charge in [0.15, 0.2) is 0 Å². The molecule has 0 saturated heterocycles. The SMILES string of the molecule is Cc1ccc(S(=O)(=O)c2cc(S(=O)(=O)O)ccc2C)cc1. The number of hydrogen-bond acceptors (Lipinski definition) is 4. The van der Waals surface area contributed by atoms with Gasteiger partial charge in [-0.05, 0) is 43.7 Å². The molecule has 0 fully saturated rings. The molecule has 21 heavy (non-hydrogen) atoms. The lowest BCUT2D eigenvalue weighted by Crippen LogP contribution is -2.07. The van der Waals surface area contributed by atoms with Crippen LogP contribution in [0.25, 0.3) is 0 Å². The van der Waals surface area contributed by atoms with Gasteiger partial charge in [0.2, 0.25) is 9.84 Å². The fraction of sp³-hybridized carbons (Fsp3) is 0.143. The molecule has 0 aliphatic carbocycles. The Kier molecular flexibility index (Phi) is 3.92. The molecule has 0 amide bonds. The highest BCUT2D eigenvalue weighted by Crippen LogP contribution is 2.26. The van der Waals surface area contributed by atoms with E-state index in [2.05, 4.69) is 0 Å². The van der Waals surface area contributed by atoms with Crippen LogP contribution >= 0.6 is 0 Å². The van der Waals surface area contributed by atoms with Gasteiger partial charge in [-0.3, -0.25) is 4.55 Å². The largest absolute Gasteiger partial charge is 0.294 e. The second-order valence-electron chi connectivity index (χ2n) is 4.72. The van der Waals surface area contributed by atoms with Gasteiger partial charge >= 0.3 is 0 Å². The van der Waals surface area contributed by atoms with Crippen LogP contribution in [0.5, 0.6) is 0 Å². The molecule has 0 radical (unpaired) electrons. The molecular formula is C14H14O5S2. The van der Waals surface area contributed by atoms with E-state index in [4.69, 9.17) is 4.55 Å². The normalized spacial score (nSPS) is 12.3. The van der Waals surface area contributed by atoms with Gasteiger partial charge in [0.1, 0.15) is 0 Å². The molecule has 112 valence electrons. The molecule has 0 saturated carbocycles. The summed E-state index contributed by atoms with van der Waals surface area (Å²) < 4.78 is 56.5. The predicted molar refractivity (Wildman–Crippen MR) is 77.6 cm³/mol. The lowest BCUT2D eigenvalue weighted by molar-refractivity contribution is 0.483. The quantitative estimate of drug-likeness (QED) is 0.875. The van der Waals surface area contributed by atoms with Crippen molar-refractivity contribution in [2.45, 2.75) is 28.5 Å². The Morgan fingerprint density at radius 2 is 1.33 bits per heavy atom. The Bertz CT molecular complexity index is 879. The van der Waals surface area contributed by atoms with Gasteiger partial charge in [-0.1, -0.05) is 23.8 Å². The maximum absolute atomic E-state index is 12.6. The highest BCUT2D eigenvalue weighted by molar-refractivity contribution is 7.91. The van der Waals surface area contributed by atoms with Crippen molar-refractivity contribution in [1.29, 1.82) is 0 Å². The Morgan fingerprint density at radius 1 is 0.810 bits per heavy atom. The second-order valence-corrected chi connectivity index (χ2v) is 8.06. The first-order valence-corrected chi connectivity index (χ1v) is 8.94. The van der Waals surface area contributed by atoms with Crippen LogP contribution in [0.15, 0.2) is 57.2 Å². The van der Waals surface area contributed by atoms with E-state index in [1.54, 1.807) is 19.1 Å². The molecule has 0 bridgehead atoms. The number of rotatable bonds is 3. The molecule has 1 N–H and O–H groups in total. The molecule has 0 aromatic heterocycles. The van der Waals surface area contributed by atoms with Crippen molar-refractivity contribution in [3.05, 3.63) is 53.6 Å². The summed E-state index contributed by atoms with van der Waals surface area (Å²) in [5.41, 5.74) is 1.32. The minimum Gasteiger partial charge on any atom is -0.282 e. The van der Waals surface area contributed by atoms with Crippen LogP contribution in [-0.4, -0.2) is 21.4 Å². The number of hydrogen-bond donors (Lipinski definition) is 1. The number of aryl methyl sites for hydroxylation is 2. The summed E-state index contributed by atoms with van der Waals surface area (Å²) in [7, 11) is -8.30. The van der Waals surface area contributed by atoms with Gasteiger partial charge < -0.3 is 0 Å². The smallest absolute Gasteiger partial charge is 0.282 e. The topological polar surface area (TPSA) is 88.5 Å². The van der Waals surface area contributed by atoms with Gasteiger partial charge in [-0.2, -0.15) is 8.42 Å². The molecule has 5 nitrogen and oxygen atoms in total. The van der Waals surface area contributed by atoms with Gasteiger partial charge in [-0.15, -0.1) is 0 Å². The molecule has 0 atom stereocenters. The Morgan fingerprint density at radius 3 is 1.86 bits per heavy atom. The summed E-state index contributed by atoms with van der Waals surface area (Å²) >= 11 is 0. The summed E-state index contributed by atoms with van der Waals surface area (Å²) in [6.07, 6.45) is 0. The molecule has 0 unspecified atom stereocenters. The zero-order valence-corrected chi connectivity index (χ0v) is 13.1. The van der Waals surface area contributed by atoms with E-state index in [9.17, 15) is 16.8 Å². The van der Waals surface area contributed by atoms with Crippen LogP contribution in [0.2, 0.25) is 0 Å². The minimum absolute atomic E-state index is 0.0729. The van der Waals surface area contributed by atoms with Gasteiger partial charge in [0, 0.05) is 0 Å². The van der Waals surface area contributed by atoms with Crippen molar-refractivity contribution in [3.63, 3.8) is 0 Å². The van der Waals surface area contributed by atoms with E-state index in [1.807, 2.05) is 6.92 Å². The molecule has 2 rings (SSSR count). The molecule has 2 aromatic carbocycles. The zero-order chi connectivity index (χ0) is 15.8. The molecule has 7 heteroatoms. The van der Waals surface area contributed by atoms with Crippen LogP contribution < -0.4 is 0 Å². The van der Waals surface area contributed by atoms with E-state index >= 15 is 0 Å². The average Bonchev–Trinajstić information content (AvgIpc) is 2.38. The van der Waals surface area contributed by atoms with Crippen LogP contribution in [-0.2, 0) is 20.0 Å². The monoisotopic (exact) mass is 326 g/mol. The third kappa shape index (κ3) is 3.15. The van der Waals surface area contributed by atoms with Crippen molar-refractivity contribution >= 4 is 20.0 Å². The van der Waals surface area contributed by atoms with Crippen molar-refractivity contribution in [2.24, 2.45) is 0 Å². The summed E-state index contributed by atoms with van der Waals surface area (Å²) in [5.74, 6) is 0. The Balaban J connectivity index is 2.67. The molecule has 2 aromatic rings. The van der Waals surface area contributed by atoms with Gasteiger partial charge in [-0.25, -0.2) is 8.42 Å². The van der Waals surface area contributed by atoms with E-state index in [1.165, 1.54) is 24.3 Å². The summed E-state index contributed by atoms with van der Waals surface area (Å²) in [6, 6.07) is 9.74. The van der Waals surface area contributed by atoms with Crippen LogP contribution in [0.3, 0.4) is 0 Å². The van der Waals surface area contributed by atoms with E-state index in [0.717, 1.165) is 11.6 Å². The van der Waals surface area contributed by atoms with E-state index in [-0.39, 0.29) is 9.79 Å². The zero-order valence-electron chi connectivity index (χ0n) is 11.4. The van der Waals surface area contributed by atoms with Crippen molar-refractivity contribution in [3.8, 4) is 0 Å². The fourth-order valence-electron chi connectivity index (χ4n) is 1.87. The van der Waals surface area contributed by atoms with Crippen molar-refractivity contribution < 1.29 is 21.4 Å². The molecule has 0 spiro atoms. The number of benzene rings is 2. The first kappa shape index (κ1) is 15.7. The van der Waals surface area contributed by atoms with Crippen LogP contribution in [0.1, 0.15) is 11.1 Å². The molecule has 0 heterocycles. The maximum Gasteiger partial charge on any atom is 0.294 e. The minimum atomic E-state index is -4.46. The predicted octanol–water partition coefficient (Wildman–Crippen LogP) is 2.38. The third-order valence-corrected chi connectivity index (χ3v) is 5.84. The highest BCUT2D eigenvalue weighted by atomic mass is 32.2. The van der Waals surface area contributed by atoms with Crippen LogP contribution in [0, 0.1) is 13.8 Å². The first-order chi connectivity index (χ1) is 9.62. The maximum atomic E-state index is 12.6. The highest BCUT2D eigenvalue weighted by Gasteiger charge is 2.22. The summed E-state index contributed by atoms with van der Waals surface area (Å²) in [4.78, 5) is -0.510. The Labute approximate surface area is 123 Å².